The van der Waals surface area contributed by atoms with Crippen LogP contribution in [0, 0.1) is 0 Å². The number of furan rings is 1. The minimum atomic E-state index is -0.427. The van der Waals surface area contributed by atoms with Gasteiger partial charge in [0.2, 0.25) is 5.76 Å². The third-order valence-electron chi connectivity index (χ3n) is 6.06. The van der Waals surface area contributed by atoms with Crippen molar-refractivity contribution in [2.24, 2.45) is 0 Å². The highest BCUT2D eigenvalue weighted by atomic mass is 16.6. The Kier molecular flexibility index (Phi) is 18.0. The number of esters is 1. The average Bonchev–Trinajstić information content (AvgIpc) is 3.28. The molecule has 0 bridgehead atoms. The number of hydrogen-bond acceptors (Lipinski definition) is 5. The summed E-state index contributed by atoms with van der Waals surface area (Å²) >= 11 is 0. The first-order valence-electron chi connectivity index (χ1n) is 13.3. The van der Waals surface area contributed by atoms with Crippen LogP contribution in [0.25, 0.3) is 0 Å². The summed E-state index contributed by atoms with van der Waals surface area (Å²) in [4.78, 5) is 14.2. The summed E-state index contributed by atoms with van der Waals surface area (Å²) in [6.07, 6.45) is 18.8. The van der Waals surface area contributed by atoms with Gasteiger partial charge in [0.05, 0.1) is 6.61 Å². The molecule has 0 aliphatic heterocycles. The third-order valence-corrected chi connectivity index (χ3v) is 6.06. The smallest absolute Gasteiger partial charge is 0.374 e. The minimum Gasteiger partial charge on any atom is -0.465 e. The van der Waals surface area contributed by atoms with Gasteiger partial charge in [-0.05, 0) is 25.6 Å². The van der Waals surface area contributed by atoms with E-state index in [2.05, 4.69) is 25.7 Å². The van der Waals surface area contributed by atoms with Gasteiger partial charge in [0.25, 0.3) is 5.95 Å². The summed E-state index contributed by atoms with van der Waals surface area (Å²) < 4.78 is 16.4. The molecular formula is C27H49NO4. The van der Waals surface area contributed by atoms with Crippen LogP contribution in [0.4, 0.5) is 0 Å². The molecule has 1 rings (SSSR count). The fourth-order valence-corrected chi connectivity index (χ4v) is 3.86. The van der Waals surface area contributed by atoms with E-state index in [1.54, 1.807) is 12.1 Å². The molecule has 1 heterocycles. The van der Waals surface area contributed by atoms with E-state index in [0.29, 0.717) is 19.2 Å². The number of carbonyl (C=O) groups is 1. The molecule has 5 heteroatoms. The number of carbonyl (C=O) groups excluding carboxylic acids is 1. The minimum absolute atomic E-state index is 0.209. The van der Waals surface area contributed by atoms with Gasteiger partial charge < -0.3 is 18.8 Å². The molecule has 0 saturated carbocycles. The maximum Gasteiger partial charge on any atom is 0.374 e. The Labute approximate surface area is 197 Å². The van der Waals surface area contributed by atoms with Gasteiger partial charge in [-0.25, -0.2) is 4.79 Å². The zero-order chi connectivity index (χ0) is 23.3. The van der Waals surface area contributed by atoms with Gasteiger partial charge in [0.15, 0.2) is 0 Å². The molecule has 0 atom stereocenters. The molecule has 32 heavy (non-hydrogen) atoms. The molecule has 0 unspecified atom stereocenters. The second-order valence-electron chi connectivity index (χ2n) is 8.73. The van der Waals surface area contributed by atoms with E-state index in [9.17, 15) is 4.79 Å². The van der Waals surface area contributed by atoms with Crippen molar-refractivity contribution in [3.05, 3.63) is 17.9 Å². The zero-order valence-corrected chi connectivity index (χ0v) is 21.2. The van der Waals surface area contributed by atoms with Gasteiger partial charge in [0, 0.05) is 12.6 Å². The van der Waals surface area contributed by atoms with Crippen LogP contribution in [0.1, 0.15) is 121 Å². The van der Waals surface area contributed by atoms with Crippen molar-refractivity contribution in [1.82, 2.24) is 4.90 Å². The van der Waals surface area contributed by atoms with E-state index in [0.717, 1.165) is 26.1 Å². The number of likely N-dealkylation sites (N-methyl/N-ethyl adjacent to an activating group) is 1. The van der Waals surface area contributed by atoms with Crippen molar-refractivity contribution >= 4 is 5.97 Å². The molecule has 0 spiro atoms. The van der Waals surface area contributed by atoms with Crippen LogP contribution in [-0.2, 0) is 4.74 Å². The first kappa shape index (κ1) is 28.5. The molecule has 0 aliphatic rings. The molecule has 0 saturated heterocycles. The summed E-state index contributed by atoms with van der Waals surface area (Å²) in [7, 11) is 0. The van der Waals surface area contributed by atoms with Crippen LogP contribution in [0.5, 0.6) is 5.95 Å². The van der Waals surface area contributed by atoms with Gasteiger partial charge >= 0.3 is 5.97 Å². The SMILES string of the molecule is CCCCCCCCCCCCCCCCOc1ccc(C(=O)OCCN(CC)CC)o1. The summed E-state index contributed by atoms with van der Waals surface area (Å²) in [5.41, 5.74) is 0. The Morgan fingerprint density at radius 2 is 1.28 bits per heavy atom. The van der Waals surface area contributed by atoms with Gasteiger partial charge in [-0.2, -0.15) is 0 Å². The van der Waals surface area contributed by atoms with Crippen LogP contribution >= 0.6 is 0 Å². The van der Waals surface area contributed by atoms with Crippen LogP contribution in [0.3, 0.4) is 0 Å². The number of unbranched alkanes of at least 4 members (excludes halogenated alkanes) is 13. The average molecular weight is 452 g/mol. The van der Waals surface area contributed by atoms with E-state index in [4.69, 9.17) is 13.9 Å². The Morgan fingerprint density at radius 1 is 0.750 bits per heavy atom. The lowest BCUT2D eigenvalue weighted by atomic mass is 10.0. The van der Waals surface area contributed by atoms with E-state index in [1.165, 1.54) is 83.5 Å². The normalized spacial score (nSPS) is 11.2. The Hall–Kier alpha value is -1.49. The van der Waals surface area contributed by atoms with Gasteiger partial charge in [0.1, 0.15) is 6.61 Å². The number of rotatable bonds is 22. The molecule has 0 aliphatic carbocycles. The molecule has 0 amide bonds. The highest BCUT2D eigenvalue weighted by Gasteiger charge is 2.13. The highest BCUT2D eigenvalue weighted by Crippen LogP contribution is 2.18. The Morgan fingerprint density at radius 3 is 1.81 bits per heavy atom. The monoisotopic (exact) mass is 451 g/mol. The van der Waals surface area contributed by atoms with Crippen LogP contribution in [-0.4, -0.2) is 43.7 Å². The van der Waals surface area contributed by atoms with E-state index < -0.39 is 5.97 Å². The third kappa shape index (κ3) is 14.5. The standard InChI is InChI=1S/C27H49NO4/c1-4-7-8-9-10-11-12-13-14-15-16-17-18-19-23-30-26-21-20-25(32-26)27(29)31-24-22-28(5-2)6-3/h20-21H,4-19,22-24H2,1-3H3. The molecule has 1 aromatic heterocycles. The number of ether oxygens (including phenoxy) is 2. The van der Waals surface area contributed by atoms with Crippen molar-refractivity contribution in [3.8, 4) is 5.95 Å². The van der Waals surface area contributed by atoms with Gasteiger partial charge in [-0.3, -0.25) is 0 Å². The maximum atomic E-state index is 12.0. The first-order chi connectivity index (χ1) is 15.7. The van der Waals surface area contributed by atoms with Gasteiger partial charge in [-0.1, -0.05) is 104 Å². The van der Waals surface area contributed by atoms with E-state index in [-0.39, 0.29) is 5.76 Å². The second kappa shape index (κ2) is 20.1. The summed E-state index contributed by atoms with van der Waals surface area (Å²) in [6.45, 7) is 10.1. The summed E-state index contributed by atoms with van der Waals surface area (Å²) in [5.74, 6) is 0.180. The van der Waals surface area contributed by atoms with Crippen molar-refractivity contribution < 1.29 is 18.7 Å². The van der Waals surface area contributed by atoms with Crippen molar-refractivity contribution in [2.75, 3.05) is 32.8 Å². The van der Waals surface area contributed by atoms with Crippen molar-refractivity contribution in [1.29, 1.82) is 0 Å². The largest absolute Gasteiger partial charge is 0.465 e. The molecule has 186 valence electrons. The predicted molar refractivity (Wildman–Crippen MR) is 133 cm³/mol. The molecule has 0 N–H and O–H groups in total. The second-order valence-corrected chi connectivity index (χ2v) is 8.73. The Balaban J connectivity index is 1.94. The van der Waals surface area contributed by atoms with Gasteiger partial charge in [-0.15, -0.1) is 0 Å². The van der Waals surface area contributed by atoms with Crippen molar-refractivity contribution in [2.45, 2.75) is 111 Å². The molecular weight excluding hydrogens is 402 g/mol. The van der Waals surface area contributed by atoms with Crippen LogP contribution in [0.15, 0.2) is 16.5 Å². The fourth-order valence-electron chi connectivity index (χ4n) is 3.86. The first-order valence-corrected chi connectivity index (χ1v) is 13.3. The quantitative estimate of drug-likeness (QED) is 0.134. The molecule has 0 radical (unpaired) electrons. The molecule has 5 nitrogen and oxygen atoms in total. The lowest BCUT2D eigenvalue weighted by Crippen LogP contribution is -2.27. The summed E-state index contributed by atoms with van der Waals surface area (Å²) in [6, 6.07) is 3.32. The zero-order valence-electron chi connectivity index (χ0n) is 21.2. The maximum absolute atomic E-state index is 12.0. The molecule has 0 fully saturated rings. The van der Waals surface area contributed by atoms with Crippen LogP contribution in [0.2, 0.25) is 0 Å². The highest BCUT2D eigenvalue weighted by molar-refractivity contribution is 5.86. The topological polar surface area (TPSA) is 51.9 Å². The Bertz CT molecular complexity index is 554. The number of nitrogens with zero attached hydrogens (tertiary/aromatic N) is 1. The lowest BCUT2D eigenvalue weighted by molar-refractivity contribution is 0.0423. The summed E-state index contributed by atoms with van der Waals surface area (Å²) in [5, 5.41) is 0. The number of hydrogen-bond donors (Lipinski definition) is 0. The predicted octanol–water partition coefficient (Wildman–Crippen LogP) is 7.64. The van der Waals surface area contributed by atoms with Crippen molar-refractivity contribution in [3.63, 3.8) is 0 Å². The van der Waals surface area contributed by atoms with E-state index in [1.807, 2.05) is 0 Å². The van der Waals surface area contributed by atoms with Crippen LogP contribution < -0.4 is 4.74 Å². The van der Waals surface area contributed by atoms with E-state index >= 15 is 0 Å². The molecule has 0 aromatic carbocycles. The molecule has 1 aromatic rings. The lowest BCUT2D eigenvalue weighted by Gasteiger charge is -2.17. The fraction of sp³-hybridized carbons (Fsp3) is 0.815.